The Morgan fingerprint density at radius 2 is 2.04 bits per heavy atom. The molecule has 8 heteroatoms. The lowest BCUT2D eigenvalue weighted by Gasteiger charge is -2.29. The van der Waals surface area contributed by atoms with Crippen molar-refractivity contribution in [2.75, 3.05) is 24.7 Å². The molecule has 1 aromatic heterocycles. The van der Waals surface area contributed by atoms with Crippen LogP contribution in [0.25, 0.3) is 0 Å². The van der Waals surface area contributed by atoms with Gasteiger partial charge in [-0.3, -0.25) is 4.90 Å². The van der Waals surface area contributed by atoms with Gasteiger partial charge >= 0.3 is 0 Å². The van der Waals surface area contributed by atoms with Crippen LogP contribution in [0.3, 0.4) is 0 Å². The van der Waals surface area contributed by atoms with Gasteiger partial charge in [-0.15, -0.1) is 0 Å². The molecular formula is C18H22BrNO5S. The third-order valence-electron chi connectivity index (χ3n) is 4.34. The fourth-order valence-corrected chi connectivity index (χ4v) is 5.18. The van der Waals surface area contributed by atoms with Crippen molar-refractivity contribution >= 4 is 25.8 Å². The zero-order valence-corrected chi connectivity index (χ0v) is 16.7. The molecule has 1 saturated heterocycles. The Bertz CT molecular complexity index is 808. The van der Waals surface area contributed by atoms with Crippen molar-refractivity contribution in [3.63, 3.8) is 0 Å². The molecule has 2 heterocycles. The average Bonchev–Trinajstić information content (AvgIpc) is 3.18. The number of halogens is 1. The normalized spacial score (nSPS) is 20.3. The minimum absolute atomic E-state index is 0.112. The van der Waals surface area contributed by atoms with E-state index in [1.807, 2.05) is 41.3 Å². The van der Waals surface area contributed by atoms with Crippen LogP contribution in [0.2, 0.25) is 0 Å². The van der Waals surface area contributed by atoms with Crippen LogP contribution in [0, 0.1) is 0 Å². The van der Waals surface area contributed by atoms with E-state index < -0.39 is 15.9 Å². The molecule has 0 saturated carbocycles. The van der Waals surface area contributed by atoms with Crippen LogP contribution in [0.1, 0.15) is 12.2 Å². The molecule has 0 radical (unpaired) electrons. The maximum absolute atomic E-state index is 11.9. The third-order valence-corrected chi connectivity index (χ3v) is 6.52. The van der Waals surface area contributed by atoms with Crippen molar-refractivity contribution < 1.29 is 22.7 Å². The number of hydrogen-bond acceptors (Lipinski definition) is 6. The Labute approximate surface area is 161 Å². The Kier molecular flexibility index (Phi) is 6.39. The first-order chi connectivity index (χ1) is 12.4. The quantitative estimate of drug-likeness (QED) is 0.674. The van der Waals surface area contributed by atoms with Gasteiger partial charge in [0.05, 0.1) is 18.1 Å². The van der Waals surface area contributed by atoms with Gasteiger partial charge in [0.15, 0.2) is 14.5 Å². The molecule has 2 aromatic rings. The van der Waals surface area contributed by atoms with Crippen LogP contribution in [-0.2, 0) is 16.4 Å². The zero-order chi connectivity index (χ0) is 18.6. The molecule has 0 spiro atoms. The lowest BCUT2D eigenvalue weighted by Crippen LogP contribution is -2.42. The summed E-state index contributed by atoms with van der Waals surface area (Å²) in [5.74, 6) is 1.71. The van der Waals surface area contributed by atoms with Gasteiger partial charge in [0.2, 0.25) is 0 Å². The van der Waals surface area contributed by atoms with Gasteiger partial charge in [-0.25, -0.2) is 8.42 Å². The predicted octanol–water partition coefficient (Wildman–Crippen LogP) is 2.47. The first kappa shape index (κ1) is 19.4. The third kappa shape index (κ3) is 5.57. The lowest BCUT2D eigenvalue weighted by atomic mass is 10.2. The molecule has 3 rings (SSSR count). The topological polar surface area (TPSA) is 80.0 Å². The Hall–Kier alpha value is -1.35. The number of nitrogens with zero attached hydrogens (tertiary/aromatic N) is 1. The smallest absolute Gasteiger partial charge is 0.169 e. The van der Waals surface area contributed by atoms with Crippen molar-refractivity contribution in [2.24, 2.45) is 0 Å². The Balaban J connectivity index is 1.62. The molecule has 1 aliphatic rings. The number of para-hydroxylation sites is 1. The molecule has 1 fully saturated rings. The van der Waals surface area contributed by atoms with Gasteiger partial charge in [-0.1, -0.05) is 18.2 Å². The lowest BCUT2D eigenvalue weighted by molar-refractivity contribution is 0.0496. The van der Waals surface area contributed by atoms with Crippen LogP contribution in [0.4, 0.5) is 0 Å². The number of furan rings is 1. The summed E-state index contributed by atoms with van der Waals surface area (Å²) < 4.78 is 35.5. The van der Waals surface area contributed by atoms with E-state index in [2.05, 4.69) is 15.9 Å². The summed E-state index contributed by atoms with van der Waals surface area (Å²) in [5.41, 5.74) is 0. The highest BCUT2D eigenvalue weighted by Gasteiger charge is 2.33. The second-order valence-corrected chi connectivity index (χ2v) is 9.48. The molecule has 2 unspecified atom stereocenters. The van der Waals surface area contributed by atoms with Crippen LogP contribution >= 0.6 is 15.9 Å². The molecule has 0 amide bonds. The van der Waals surface area contributed by atoms with Crippen LogP contribution in [-0.4, -0.2) is 55.2 Å². The van der Waals surface area contributed by atoms with Crippen LogP contribution in [0.15, 0.2) is 51.6 Å². The molecule has 1 aliphatic heterocycles. The summed E-state index contributed by atoms with van der Waals surface area (Å²) in [6, 6.07) is 12.8. The number of aliphatic hydroxyl groups excluding tert-OH is 1. The molecule has 0 bridgehead atoms. The van der Waals surface area contributed by atoms with E-state index >= 15 is 0 Å². The predicted molar refractivity (Wildman–Crippen MR) is 102 cm³/mol. The van der Waals surface area contributed by atoms with E-state index in [0.29, 0.717) is 29.9 Å². The highest BCUT2D eigenvalue weighted by molar-refractivity contribution is 9.10. The van der Waals surface area contributed by atoms with E-state index in [4.69, 9.17) is 9.15 Å². The van der Waals surface area contributed by atoms with Gasteiger partial charge in [-0.2, -0.15) is 0 Å². The Morgan fingerprint density at radius 1 is 1.27 bits per heavy atom. The van der Waals surface area contributed by atoms with Crippen LogP contribution in [0.5, 0.6) is 5.75 Å². The van der Waals surface area contributed by atoms with Crippen molar-refractivity contribution in [3.8, 4) is 5.75 Å². The van der Waals surface area contributed by atoms with Gasteiger partial charge in [0.25, 0.3) is 0 Å². The summed E-state index contributed by atoms with van der Waals surface area (Å²) in [6.45, 7) is 0.890. The standard InChI is InChI=1S/C18H22BrNO5S/c19-18-7-6-17(25-18)11-20(14-8-9-26(22,23)13-14)10-15(21)12-24-16-4-2-1-3-5-16/h1-7,14-15,21H,8-13H2. The maximum atomic E-state index is 11.9. The fourth-order valence-electron chi connectivity index (χ4n) is 3.08. The molecule has 1 aromatic carbocycles. The van der Waals surface area contributed by atoms with Crippen molar-refractivity contribution in [2.45, 2.75) is 25.1 Å². The van der Waals surface area contributed by atoms with E-state index in [9.17, 15) is 13.5 Å². The number of sulfone groups is 1. The van der Waals surface area contributed by atoms with E-state index in [0.717, 1.165) is 5.76 Å². The SMILES string of the molecule is O=S1(=O)CCC(N(Cc2ccc(Br)o2)CC(O)COc2ccccc2)C1. The molecular weight excluding hydrogens is 422 g/mol. The van der Waals surface area contributed by atoms with Crippen LogP contribution < -0.4 is 4.74 Å². The molecule has 26 heavy (non-hydrogen) atoms. The van der Waals surface area contributed by atoms with Crippen molar-refractivity contribution in [3.05, 3.63) is 52.9 Å². The molecule has 6 nitrogen and oxygen atoms in total. The molecule has 0 aliphatic carbocycles. The summed E-state index contributed by atoms with van der Waals surface area (Å²) in [7, 11) is -3.01. The fraction of sp³-hybridized carbons (Fsp3) is 0.444. The summed E-state index contributed by atoms with van der Waals surface area (Å²) >= 11 is 3.27. The summed E-state index contributed by atoms with van der Waals surface area (Å²) in [5, 5.41) is 10.4. The molecule has 142 valence electrons. The van der Waals surface area contributed by atoms with Gasteiger partial charge in [0, 0.05) is 12.6 Å². The second kappa shape index (κ2) is 8.56. The zero-order valence-electron chi connectivity index (χ0n) is 14.3. The van der Waals surface area contributed by atoms with E-state index in [-0.39, 0.29) is 24.2 Å². The number of hydrogen-bond donors (Lipinski definition) is 1. The largest absolute Gasteiger partial charge is 0.491 e. The van der Waals surface area contributed by atoms with Crippen molar-refractivity contribution in [1.82, 2.24) is 4.90 Å². The first-order valence-corrected chi connectivity index (χ1v) is 11.1. The average molecular weight is 444 g/mol. The van der Waals surface area contributed by atoms with E-state index in [1.54, 1.807) is 6.07 Å². The highest BCUT2D eigenvalue weighted by Crippen LogP contribution is 2.22. The van der Waals surface area contributed by atoms with Gasteiger partial charge in [-0.05, 0) is 46.6 Å². The molecule has 1 N–H and O–H groups in total. The minimum atomic E-state index is -3.01. The van der Waals surface area contributed by atoms with Gasteiger partial charge in [0.1, 0.15) is 24.2 Å². The minimum Gasteiger partial charge on any atom is -0.491 e. The maximum Gasteiger partial charge on any atom is 0.169 e. The highest BCUT2D eigenvalue weighted by atomic mass is 79.9. The van der Waals surface area contributed by atoms with Gasteiger partial charge < -0.3 is 14.3 Å². The van der Waals surface area contributed by atoms with E-state index in [1.165, 1.54) is 0 Å². The number of rotatable bonds is 8. The number of aliphatic hydroxyl groups is 1. The number of benzene rings is 1. The number of ether oxygens (including phenoxy) is 1. The molecule has 2 atom stereocenters. The Morgan fingerprint density at radius 3 is 2.65 bits per heavy atom. The summed E-state index contributed by atoms with van der Waals surface area (Å²) in [4.78, 5) is 1.97. The summed E-state index contributed by atoms with van der Waals surface area (Å²) in [6.07, 6.45) is -0.173. The monoisotopic (exact) mass is 443 g/mol. The second-order valence-electron chi connectivity index (χ2n) is 6.47. The first-order valence-electron chi connectivity index (χ1n) is 8.46. The van der Waals surface area contributed by atoms with Crippen molar-refractivity contribution in [1.29, 1.82) is 0 Å².